The van der Waals surface area contributed by atoms with Crippen LogP contribution < -0.4 is 9.47 Å². The zero-order valence-electron chi connectivity index (χ0n) is 12.3. The monoisotopic (exact) mass is 348 g/mol. The van der Waals surface area contributed by atoms with E-state index in [-0.39, 0.29) is 0 Å². The smallest absolute Gasteiger partial charge is 0.161 e. The van der Waals surface area contributed by atoms with Gasteiger partial charge >= 0.3 is 0 Å². The maximum Gasteiger partial charge on any atom is 0.161 e. The second-order valence-corrected chi connectivity index (χ2v) is 5.65. The quantitative estimate of drug-likeness (QED) is 0.642. The fourth-order valence-electron chi connectivity index (χ4n) is 2.25. The second kappa shape index (κ2) is 8.73. The lowest BCUT2D eigenvalue weighted by Crippen LogP contribution is -2.11. The lowest BCUT2D eigenvalue weighted by Gasteiger charge is -2.15. The summed E-state index contributed by atoms with van der Waals surface area (Å²) in [5.41, 5.74) is 1.37. The third kappa shape index (κ3) is 5.09. The van der Waals surface area contributed by atoms with Crippen LogP contribution in [0, 0.1) is 5.92 Å². The van der Waals surface area contributed by atoms with E-state index in [1.54, 1.807) is 7.11 Å². The van der Waals surface area contributed by atoms with Gasteiger partial charge in [-0.25, -0.2) is 0 Å². The van der Waals surface area contributed by atoms with Gasteiger partial charge in [0, 0.05) is 5.33 Å². The Bertz CT molecular complexity index is 528. The summed E-state index contributed by atoms with van der Waals surface area (Å²) in [4.78, 5) is 0. The minimum Gasteiger partial charge on any atom is -0.493 e. The molecule has 0 heterocycles. The lowest BCUT2D eigenvalue weighted by atomic mass is 9.98. The number of halogens is 1. The van der Waals surface area contributed by atoms with Crippen molar-refractivity contribution in [2.45, 2.75) is 12.8 Å². The number of hydrogen-bond acceptors (Lipinski definition) is 2. The summed E-state index contributed by atoms with van der Waals surface area (Å²) in [6, 6.07) is 18.4. The summed E-state index contributed by atoms with van der Waals surface area (Å²) in [6.07, 6.45) is 2.08. The number of methoxy groups -OCH3 is 1. The lowest BCUT2D eigenvalue weighted by molar-refractivity contribution is 0.269. The Morgan fingerprint density at radius 2 is 1.62 bits per heavy atom. The van der Waals surface area contributed by atoms with Gasteiger partial charge in [-0.15, -0.1) is 0 Å². The average Bonchev–Trinajstić information content (AvgIpc) is 2.55. The molecule has 1 unspecified atom stereocenters. The molecule has 0 amide bonds. The van der Waals surface area contributed by atoms with Crippen molar-refractivity contribution in [3.8, 4) is 11.5 Å². The molecule has 0 aliphatic carbocycles. The summed E-state index contributed by atoms with van der Waals surface area (Å²) in [5.74, 6) is 2.17. The van der Waals surface area contributed by atoms with E-state index in [1.807, 2.05) is 24.3 Å². The van der Waals surface area contributed by atoms with Crippen LogP contribution in [0.25, 0.3) is 0 Å². The summed E-state index contributed by atoms with van der Waals surface area (Å²) < 4.78 is 11.1. The Kier molecular flexibility index (Phi) is 6.61. The van der Waals surface area contributed by atoms with E-state index in [1.165, 1.54) is 5.56 Å². The molecule has 2 nitrogen and oxygen atoms in total. The molecule has 0 aliphatic heterocycles. The minimum absolute atomic E-state index is 0.571. The molecule has 0 fully saturated rings. The zero-order valence-corrected chi connectivity index (χ0v) is 13.9. The molecule has 2 aromatic carbocycles. The van der Waals surface area contributed by atoms with Gasteiger partial charge in [-0.1, -0.05) is 58.4 Å². The van der Waals surface area contributed by atoms with Crippen molar-refractivity contribution in [3.05, 3.63) is 60.2 Å². The Morgan fingerprint density at radius 3 is 2.29 bits per heavy atom. The van der Waals surface area contributed by atoms with Crippen molar-refractivity contribution in [1.82, 2.24) is 0 Å². The van der Waals surface area contributed by atoms with Crippen molar-refractivity contribution < 1.29 is 9.47 Å². The highest BCUT2D eigenvalue weighted by Crippen LogP contribution is 2.26. The van der Waals surface area contributed by atoms with Crippen molar-refractivity contribution in [1.29, 1.82) is 0 Å². The van der Waals surface area contributed by atoms with Gasteiger partial charge in [0.25, 0.3) is 0 Å². The molecule has 0 saturated heterocycles. The predicted molar refractivity (Wildman–Crippen MR) is 90.5 cm³/mol. The number of para-hydroxylation sites is 2. The number of ether oxygens (including phenoxy) is 2. The minimum atomic E-state index is 0.571. The first-order valence-electron chi connectivity index (χ1n) is 7.19. The third-order valence-electron chi connectivity index (χ3n) is 3.44. The summed E-state index contributed by atoms with van der Waals surface area (Å²) >= 11 is 3.61. The Balaban J connectivity index is 1.83. The van der Waals surface area contributed by atoms with Crippen LogP contribution in [0.5, 0.6) is 11.5 Å². The van der Waals surface area contributed by atoms with E-state index in [2.05, 4.69) is 46.3 Å². The Morgan fingerprint density at radius 1 is 0.952 bits per heavy atom. The highest BCUT2D eigenvalue weighted by atomic mass is 79.9. The van der Waals surface area contributed by atoms with Crippen molar-refractivity contribution in [3.63, 3.8) is 0 Å². The molecule has 0 N–H and O–H groups in total. The van der Waals surface area contributed by atoms with Gasteiger partial charge in [0.1, 0.15) is 0 Å². The second-order valence-electron chi connectivity index (χ2n) is 5.00. The van der Waals surface area contributed by atoms with Crippen LogP contribution in [-0.2, 0) is 6.42 Å². The fraction of sp³-hybridized carbons (Fsp3) is 0.333. The summed E-state index contributed by atoms with van der Waals surface area (Å²) in [5, 5.41) is 0.983. The highest BCUT2D eigenvalue weighted by molar-refractivity contribution is 9.09. The molecule has 112 valence electrons. The standard InChI is InChI=1S/C18H21BrO2/c1-20-17-9-5-6-10-18(17)21-12-11-16(14-19)13-15-7-3-2-4-8-15/h2-10,16H,11-14H2,1H3. The van der Waals surface area contributed by atoms with Gasteiger partial charge in [0.2, 0.25) is 0 Å². The molecule has 2 aromatic rings. The normalized spacial score (nSPS) is 11.9. The molecule has 0 spiro atoms. The Hall–Kier alpha value is -1.48. The first kappa shape index (κ1) is 15.9. The molecular weight excluding hydrogens is 328 g/mol. The number of hydrogen-bond donors (Lipinski definition) is 0. The van der Waals surface area contributed by atoms with E-state index < -0.39 is 0 Å². The van der Waals surface area contributed by atoms with Gasteiger partial charge in [0.15, 0.2) is 11.5 Å². The van der Waals surface area contributed by atoms with Crippen LogP contribution in [0.15, 0.2) is 54.6 Å². The predicted octanol–water partition coefficient (Wildman–Crippen LogP) is 4.72. The van der Waals surface area contributed by atoms with Gasteiger partial charge in [-0.2, -0.15) is 0 Å². The van der Waals surface area contributed by atoms with Gasteiger partial charge in [0.05, 0.1) is 13.7 Å². The largest absolute Gasteiger partial charge is 0.493 e. The van der Waals surface area contributed by atoms with E-state index in [0.717, 1.165) is 29.7 Å². The van der Waals surface area contributed by atoms with Crippen molar-refractivity contribution in [2.24, 2.45) is 5.92 Å². The molecule has 1 atom stereocenters. The molecule has 3 heteroatoms. The van der Waals surface area contributed by atoms with Crippen LogP contribution in [0.4, 0.5) is 0 Å². The maximum absolute atomic E-state index is 5.85. The Labute approximate surface area is 135 Å². The molecule has 0 aromatic heterocycles. The van der Waals surface area contributed by atoms with E-state index >= 15 is 0 Å². The molecule has 0 radical (unpaired) electrons. The third-order valence-corrected chi connectivity index (χ3v) is 4.35. The van der Waals surface area contributed by atoms with Gasteiger partial charge < -0.3 is 9.47 Å². The van der Waals surface area contributed by atoms with Crippen LogP contribution in [0.1, 0.15) is 12.0 Å². The molecule has 2 rings (SSSR count). The first-order chi connectivity index (χ1) is 10.3. The van der Waals surface area contributed by atoms with Crippen LogP contribution in [0.3, 0.4) is 0 Å². The number of rotatable bonds is 8. The molecule has 0 bridgehead atoms. The molecule has 21 heavy (non-hydrogen) atoms. The van der Waals surface area contributed by atoms with Gasteiger partial charge in [-0.3, -0.25) is 0 Å². The molecule has 0 saturated carbocycles. The molecule has 0 aliphatic rings. The maximum atomic E-state index is 5.85. The number of alkyl halides is 1. The molecular formula is C18H21BrO2. The van der Waals surface area contributed by atoms with Crippen LogP contribution >= 0.6 is 15.9 Å². The van der Waals surface area contributed by atoms with Crippen molar-refractivity contribution in [2.75, 3.05) is 19.0 Å². The van der Waals surface area contributed by atoms with Crippen molar-refractivity contribution >= 4 is 15.9 Å². The van der Waals surface area contributed by atoms with E-state index in [0.29, 0.717) is 12.5 Å². The zero-order chi connectivity index (χ0) is 14.9. The average molecular weight is 349 g/mol. The van der Waals surface area contributed by atoms with Gasteiger partial charge in [-0.05, 0) is 36.5 Å². The van der Waals surface area contributed by atoms with E-state index in [4.69, 9.17) is 9.47 Å². The topological polar surface area (TPSA) is 18.5 Å². The first-order valence-corrected chi connectivity index (χ1v) is 8.31. The fourth-order valence-corrected chi connectivity index (χ4v) is 2.81. The number of benzene rings is 2. The summed E-state index contributed by atoms with van der Waals surface area (Å²) in [7, 11) is 1.67. The SMILES string of the molecule is COc1ccccc1OCCC(CBr)Cc1ccccc1. The van der Waals surface area contributed by atoms with Crippen LogP contribution in [-0.4, -0.2) is 19.0 Å². The van der Waals surface area contributed by atoms with E-state index in [9.17, 15) is 0 Å². The summed E-state index contributed by atoms with van der Waals surface area (Å²) in [6.45, 7) is 0.698. The highest BCUT2D eigenvalue weighted by Gasteiger charge is 2.10. The van der Waals surface area contributed by atoms with Crippen LogP contribution in [0.2, 0.25) is 0 Å².